The Kier molecular flexibility index (Phi) is 3.70. The topological polar surface area (TPSA) is 96.2 Å². The van der Waals surface area contributed by atoms with Gasteiger partial charge in [-0.1, -0.05) is 6.92 Å². The Morgan fingerprint density at radius 2 is 1.78 bits per heavy atom. The average Bonchev–Trinajstić information content (AvgIpc) is 2.90. The highest BCUT2D eigenvalue weighted by Crippen LogP contribution is 2.19. The summed E-state index contributed by atoms with van der Waals surface area (Å²) in [5.74, 6) is 0.781. The highest BCUT2D eigenvalue weighted by atomic mass is 16.2. The molecule has 0 aliphatic carbocycles. The third kappa shape index (κ3) is 2.41. The van der Waals surface area contributed by atoms with E-state index in [-0.39, 0.29) is 5.91 Å². The molecule has 0 bridgehead atoms. The van der Waals surface area contributed by atoms with E-state index in [1.54, 1.807) is 18.7 Å². The van der Waals surface area contributed by atoms with Crippen molar-refractivity contribution < 1.29 is 4.79 Å². The lowest BCUT2D eigenvalue weighted by Crippen LogP contribution is -2.49. The van der Waals surface area contributed by atoms with E-state index in [0.717, 1.165) is 0 Å². The van der Waals surface area contributed by atoms with E-state index in [0.29, 0.717) is 49.7 Å². The second kappa shape index (κ2) is 5.56. The molecule has 1 aliphatic heterocycles. The van der Waals surface area contributed by atoms with Crippen molar-refractivity contribution in [3.8, 4) is 0 Å². The van der Waals surface area contributed by atoms with Gasteiger partial charge in [0.15, 0.2) is 11.2 Å². The maximum atomic E-state index is 12.0. The molecule has 0 saturated carbocycles. The van der Waals surface area contributed by atoms with Crippen LogP contribution in [0.5, 0.6) is 0 Å². The maximum Gasteiger partial charge on any atom is 0.329 e. The summed E-state index contributed by atoms with van der Waals surface area (Å²) in [5.41, 5.74) is -0.188. The zero-order valence-electron chi connectivity index (χ0n) is 13.5. The predicted octanol–water partition coefficient (Wildman–Crippen LogP) is -0.981. The number of carbonyl (C=O) groups is 1. The minimum Gasteiger partial charge on any atom is -0.339 e. The number of aromatic nitrogens is 4. The van der Waals surface area contributed by atoms with Crippen LogP contribution in [0.2, 0.25) is 0 Å². The fourth-order valence-corrected chi connectivity index (χ4v) is 2.96. The summed E-state index contributed by atoms with van der Waals surface area (Å²) in [4.78, 5) is 46.1. The van der Waals surface area contributed by atoms with Gasteiger partial charge in [-0.25, -0.2) is 4.79 Å². The summed E-state index contributed by atoms with van der Waals surface area (Å²) < 4.78 is 3.03. The number of hydrogen-bond acceptors (Lipinski definition) is 5. The van der Waals surface area contributed by atoms with Crippen molar-refractivity contribution in [2.24, 2.45) is 14.1 Å². The molecule has 0 radical (unpaired) electrons. The third-order valence-electron chi connectivity index (χ3n) is 4.33. The summed E-state index contributed by atoms with van der Waals surface area (Å²) >= 11 is 0. The molecule has 2 aromatic heterocycles. The first-order chi connectivity index (χ1) is 10.9. The number of carbonyl (C=O) groups excluding carboxylic acids is 1. The number of H-pyrrole nitrogens is 1. The van der Waals surface area contributed by atoms with Gasteiger partial charge in [-0.3, -0.25) is 19.1 Å². The number of aryl methyl sites for hydroxylation is 2. The molecular weight excluding hydrogens is 300 g/mol. The Labute approximate surface area is 132 Å². The summed E-state index contributed by atoms with van der Waals surface area (Å²) in [6.07, 6.45) is 0.504. The Morgan fingerprint density at radius 1 is 1.13 bits per heavy atom. The van der Waals surface area contributed by atoms with Crippen LogP contribution in [0.4, 0.5) is 5.95 Å². The van der Waals surface area contributed by atoms with E-state index in [1.165, 1.54) is 4.57 Å². The van der Waals surface area contributed by atoms with Crippen LogP contribution in [0.25, 0.3) is 11.2 Å². The Bertz CT molecular complexity index is 869. The fourth-order valence-electron chi connectivity index (χ4n) is 2.96. The Hall–Kier alpha value is -2.58. The van der Waals surface area contributed by atoms with Crippen LogP contribution in [0.1, 0.15) is 13.3 Å². The first kappa shape index (κ1) is 15.3. The van der Waals surface area contributed by atoms with Crippen LogP contribution in [-0.2, 0) is 18.9 Å². The summed E-state index contributed by atoms with van der Waals surface area (Å²) in [7, 11) is 3.34. The van der Waals surface area contributed by atoms with Crippen molar-refractivity contribution in [2.75, 3.05) is 31.1 Å². The van der Waals surface area contributed by atoms with Crippen molar-refractivity contribution in [3.63, 3.8) is 0 Å². The maximum absolute atomic E-state index is 12.0. The molecule has 23 heavy (non-hydrogen) atoms. The van der Waals surface area contributed by atoms with Crippen LogP contribution < -0.4 is 16.1 Å². The SMILES string of the molecule is CCC(=O)N1CCN(c2nc3c(c(=O)[nH]c(=O)n3C)n2C)CC1. The van der Waals surface area contributed by atoms with Gasteiger partial charge in [0.1, 0.15) is 0 Å². The van der Waals surface area contributed by atoms with Crippen LogP contribution in [0.3, 0.4) is 0 Å². The molecule has 1 amide bonds. The van der Waals surface area contributed by atoms with Gasteiger partial charge in [0.2, 0.25) is 11.9 Å². The number of amides is 1. The van der Waals surface area contributed by atoms with Gasteiger partial charge in [0, 0.05) is 46.7 Å². The second-order valence-corrected chi connectivity index (χ2v) is 5.68. The standard InChI is InChI=1S/C14H20N6O3/c1-4-9(21)19-5-7-20(8-6-19)13-15-11-10(17(13)2)12(22)16-14(23)18(11)3/h4-8H2,1-3H3,(H,16,22,23). The molecular formula is C14H20N6O3. The van der Waals surface area contributed by atoms with Gasteiger partial charge in [0.25, 0.3) is 5.56 Å². The molecule has 1 saturated heterocycles. The molecule has 1 N–H and O–H groups in total. The van der Waals surface area contributed by atoms with E-state index < -0.39 is 11.2 Å². The van der Waals surface area contributed by atoms with E-state index >= 15 is 0 Å². The normalized spacial score (nSPS) is 15.4. The number of anilines is 1. The van der Waals surface area contributed by atoms with Crippen molar-refractivity contribution in [3.05, 3.63) is 20.8 Å². The van der Waals surface area contributed by atoms with E-state index in [9.17, 15) is 14.4 Å². The summed E-state index contributed by atoms with van der Waals surface area (Å²) in [6.45, 7) is 4.41. The van der Waals surface area contributed by atoms with Crippen LogP contribution in [-0.4, -0.2) is 56.1 Å². The number of aromatic amines is 1. The lowest BCUT2D eigenvalue weighted by molar-refractivity contribution is -0.131. The quantitative estimate of drug-likeness (QED) is 0.767. The molecule has 1 fully saturated rings. The predicted molar refractivity (Wildman–Crippen MR) is 85.7 cm³/mol. The van der Waals surface area contributed by atoms with Gasteiger partial charge >= 0.3 is 5.69 Å². The minimum atomic E-state index is -0.481. The largest absolute Gasteiger partial charge is 0.339 e. The lowest BCUT2D eigenvalue weighted by Gasteiger charge is -2.35. The van der Waals surface area contributed by atoms with Gasteiger partial charge < -0.3 is 14.4 Å². The number of fused-ring (bicyclic) bond motifs is 1. The van der Waals surface area contributed by atoms with Gasteiger partial charge in [0.05, 0.1) is 0 Å². The van der Waals surface area contributed by atoms with Crippen LogP contribution in [0, 0.1) is 0 Å². The molecule has 3 rings (SSSR count). The number of hydrogen-bond donors (Lipinski definition) is 1. The molecule has 9 heteroatoms. The van der Waals surface area contributed by atoms with Crippen molar-refractivity contribution in [1.82, 2.24) is 24.0 Å². The first-order valence-corrected chi connectivity index (χ1v) is 7.62. The van der Waals surface area contributed by atoms with Crippen LogP contribution >= 0.6 is 0 Å². The smallest absolute Gasteiger partial charge is 0.329 e. The van der Waals surface area contributed by atoms with Gasteiger partial charge in [-0.05, 0) is 0 Å². The van der Waals surface area contributed by atoms with Crippen molar-refractivity contribution >= 4 is 23.0 Å². The summed E-state index contributed by atoms with van der Waals surface area (Å²) in [5, 5.41) is 0. The van der Waals surface area contributed by atoms with E-state index in [4.69, 9.17) is 0 Å². The van der Waals surface area contributed by atoms with Crippen molar-refractivity contribution in [1.29, 1.82) is 0 Å². The average molecular weight is 320 g/mol. The van der Waals surface area contributed by atoms with Crippen LogP contribution in [0.15, 0.2) is 9.59 Å². The minimum absolute atomic E-state index is 0.147. The third-order valence-corrected chi connectivity index (χ3v) is 4.33. The van der Waals surface area contributed by atoms with E-state index in [1.807, 2.05) is 16.7 Å². The number of rotatable bonds is 2. The molecule has 2 aromatic rings. The highest BCUT2D eigenvalue weighted by molar-refractivity contribution is 5.76. The van der Waals surface area contributed by atoms with Gasteiger partial charge in [-0.2, -0.15) is 4.98 Å². The number of imidazole rings is 1. The molecule has 1 aliphatic rings. The molecule has 0 unspecified atom stereocenters. The second-order valence-electron chi connectivity index (χ2n) is 5.68. The number of nitrogens with one attached hydrogen (secondary N) is 1. The number of piperazine rings is 1. The molecule has 9 nitrogen and oxygen atoms in total. The fraction of sp³-hybridized carbons (Fsp3) is 0.571. The van der Waals surface area contributed by atoms with Gasteiger partial charge in [-0.15, -0.1) is 0 Å². The monoisotopic (exact) mass is 320 g/mol. The molecule has 0 spiro atoms. The highest BCUT2D eigenvalue weighted by Gasteiger charge is 2.24. The molecule has 0 aromatic carbocycles. The zero-order chi connectivity index (χ0) is 16.7. The van der Waals surface area contributed by atoms with Crippen molar-refractivity contribution in [2.45, 2.75) is 13.3 Å². The molecule has 0 atom stereocenters. The summed E-state index contributed by atoms with van der Waals surface area (Å²) in [6, 6.07) is 0. The zero-order valence-corrected chi connectivity index (χ0v) is 13.5. The Morgan fingerprint density at radius 3 is 2.39 bits per heavy atom. The lowest BCUT2D eigenvalue weighted by atomic mass is 10.3. The number of nitrogens with zero attached hydrogens (tertiary/aromatic N) is 5. The Balaban J connectivity index is 1.96. The molecule has 124 valence electrons. The first-order valence-electron chi connectivity index (χ1n) is 7.62. The molecule has 3 heterocycles. The van der Waals surface area contributed by atoms with E-state index in [2.05, 4.69) is 9.97 Å².